The Bertz CT molecular complexity index is 182. The van der Waals surface area contributed by atoms with Crippen LogP contribution in [0.25, 0.3) is 0 Å². The summed E-state index contributed by atoms with van der Waals surface area (Å²) in [5.74, 6) is 4.95. The van der Waals surface area contributed by atoms with Gasteiger partial charge in [-0.3, -0.25) is 0 Å². The van der Waals surface area contributed by atoms with Gasteiger partial charge in [-0.2, -0.15) is 0 Å². The Morgan fingerprint density at radius 3 is 2.55 bits per heavy atom. The van der Waals surface area contributed by atoms with Gasteiger partial charge in [0.25, 0.3) is 0 Å². The van der Waals surface area contributed by atoms with Crippen molar-refractivity contribution in [2.24, 2.45) is 17.8 Å². The fourth-order valence-corrected chi connectivity index (χ4v) is 2.36. The van der Waals surface area contributed by atoms with Gasteiger partial charge in [-0.15, -0.1) is 12.3 Å². The van der Waals surface area contributed by atoms with Crippen LogP contribution in [0.15, 0.2) is 0 Å². The number of aliphatic hydroxyl groups excluding tert-OH is 1. The highest BCUT2D eigenvalue weighted by atomic mass is 16.3. The quantitative estimate of drug-likeness (QED) is 0.590. The maximum atomic E-state index is 9.54. The lowest BCUT2D eigenvalue weighted by Crippen LogP contribution is -2.18. The molecule has 2 rings (SSSR count). The topological polar surface area (TPSA) is 20.2 Å². The third-order valence-corrected chi connectivity index (χ3v) is 3.15. The van der Waals surface area contributed by atoms with E-state index < -0.39 is 0 Å². The van der Waals surface area contributed by atoms with Crippen molar-refractivity contribution in [2.75, 3.05) is 0 Å². The zero-order valence-corrected chi connectivity index (χ0v) is 6.66. The third-order valence-electron chi connectivity index (χ3n) is 3.15. The minimum Gasteiger partial charge on any atom is -0.392 e. The molecule has 11 heavy (non-hydrogen) atoms. The predicted molar refractivity (Wildman–Crippen MR) is 43.8 cm³/mol. The summed E-state index contributed by atoms with van der Waals surface area (Å²) in [6.45, 7) is 0. The molecule has 0 aliphatic heterocycles. The minimum atomic E-state index is -0.215. The van der Waals surface area contributed by atoms with Crippen molar-refractivity contribution in [3.8, 4) is 12.3 Å². The van der Waals surface area contributed by atoms with Gasteiger partial charge >= 0.3 is 0 Å². The van der Waals surface area contributed by atoms with Crippen molar-refractivity contribution in [3.63, 3.8) is 0 Å². The summed E-state index contributed by atoms with van der Waals surface area (Å²) >= 11 is 0. The van der Waals surface area contributed by atoms with Crippen LogP contribution in [-0.4, -0.2) is 11.2 Å². The fraction of sp³-hybridized carbons (Fsp3) is 0.800. The van der Waals surface area contributed by atoms with E-state index in [1.54, 1.807) is 0 Å². The van der Waals surface area contributed by atoms with Gasteiger partial charge in [0, 0.05) is 6.42 Å². The lowest BCUT2D eigenvalue weighted by Gasteiger charge is -2.16. The van der Waals surface area contributed by atoms with Crippen LogP contribution in [-0.2, 0) is 0 Å². The van der Waals surface area contributed by atoms with Crippen LogP contribution >= 0.6 is 0 Å². The van der Waals surface area contributed by atoms with Gasteiger partial charge in [0.1, 0.15) is 0 Å². The first-order valence-corrected chi connectivity index (χ1v) is 4.42. The molecule has 1 heteroatoms. The van der Waals surface area contributed by atoms with E-state index in [2.05, 4.69) is 5.92 Å². The summed E-state index contributed by atoms with van der Waals surface area (Å²) < 4.78 is 0. The van der Waals surface area contributed by atoms with Crippen molar-refractivity contribution in [3.05, 3.63) is 0 Å². The Labute approximate surface area is 67.8 Å². The van der Waals surface area contributed by atoms with E-state index in [-0.39, 0.29) is 6.10 Å². The Kier molecular flexibility index (Phi) is 1.65. The molecule has 2 aliphatic rings. The number of hydrogen-bond donors (Lipinski definition) is 1. The van der Waals surface area contributed by atoms with Crippen LogP contribution in [0.5, 0.6) is 0 Å². The Morgan fingerprint density at radius 1 is 1.36 bits per heavy atom. The van der Waals surface area contributed by atoms with E-state index in [9.17, 15) is 5.11 Å². The van der Waals surface area contributed by atoms with E-state index in [1.165, 1.54) is 19.3 Å². The van der Waals surface area contributed by atoms with Gasteiger partial charge in [0.2, 0.25) is 0 Å². The highest BCUT2D eigenvalue weighted by Gasteiger charge is 2.47. The van der Waals surface area contributed by atoms with E-state index in [1.807, 2.05) is 0 Å². The second kappa shape index (κ2) is 2.53. The number of hydrogen-bond acceptors (Lipinski definition) is 1. The van der Waals surface area contributed by atoms with Crippen molar-refractivity contribution in [2.45, 2.75) is 31.8 Å². The molecule has 0 amide bonds. The maximum absolute atomic E-state index is 9.54. The summed E-state index contributed by atoms with van der Waals surface area (Å²) in [6, 6.07) is 0. The van der Waals surface area contributed by atoms with Crippen LogP contribution in [0.1, 0.15) is 25.7 Å². The second-order valence-electron chi connectivity index (χ2n) is 3.96. The van der Waals surface area contributed by atoms with Gasteiger partial charge in [-0.1, -0.05) is 0 Å². The first-order chi connectivity index (χ1) is 5.31. The highest BCUT2D eigenvalue weighted by Crippen LogP contribution is 2.55. The van der Waals surface area contributed by atoms with Crippen LogP contribution < -0.4 is 0 Å². The van der Waals surface area contributed by atoms with Crippen LogP contribution in [0.4, 0.5) is 0 Å². The number of terminal acetylenes is 1. The minimum absolute atomic E-state index is 0.215. The Hall–Kier alpha value is -0.480. The van der Waals surface area contributed by atoms with E-state index >= 15 is 0 Å². The first kappa shape index (κ1) is 7.18. The monoisotopic (exact) mass is 150 g/mol. The molecule has 2 saturated carbocycles. The van der Waals surface area contributed by atoms with Crippen molar-refractivity contribution < 1.29 is 5.11 Å². The van der Waals surface area contributed by atoms with Gasteiger partial charge in [0.15, 0.2) is 0 Å². The first-order valence-electron chi connectivity index (χ1n) is 4.42. The van der Waals surface area contributed by atoms with E-state index in [0.29, 0.717) is 12.3 Å². The zero-order chi connectivity index (χ0) is 7.84. The molecule has 0 aromatic carbocycles. The average Bonchev–Trinajstić information content (AvgIpc) is 2.59. The van der Waals surface area contributed by atoms with Gasteiger partial charge in [-0.05, 0) is 37.0 Å². The van der Waals surface area contributed by atoms with Crippen LogP contribution in [0, 0.1) is 30.1 Å². The summed E-state index contributed by atoms with van der Waals surface area (Å²) in [4.78, 5) is 0. The molecule has 3 unspecified atom stereocenters. The molecule has 0 spiro atoms. The molecule has 0 radical (unpaired) electrons. The number of rotatable bonds is 2. The van der Waals surface area contributed by atoms with Gasteiger partial charge in [0.05, 0.1) is 6.10 Å². The summed E-state index contributed by atoms with van der Waals surface area (Å²) in [5.41, 5.74) is 0. The molecular weight excluding hydrogens is 136 g/mol. The Balaban J connectivity index is 1.83. The molecule has 0 aromatic rings. The SMILES string of the molecule is C#CCC(O)C1CC2CC2C1. The molecule has 0 aromatic heterocycles. The highest BCUT2D eigenvalue weighted by molar-refractivity contribution is 5.00. The number of aliphatic hydroxyl groups is 1. The van der Waals surface area contributed by atoms with Crippen molar-refractivity contribution in [1.82, 2.24) is 0 Å². The molecule has 0 bridgehead atoms. The zero-order valence-electron chi connectivity index (χ0n) is 6.66. The molecule has 2 fully saturated rings. The average molecular weight is 150 g/mol. The fourth-order valence-electron chi connectivity index (χ4n) is 2.36. The lowest BCUT2D eigenvalue weighted by molar-refractivity contribution is 0.109. The predicted octanol–water partition coefficient (Wildman–Crippen LogP) is 1.42. The maximum Gasteiger partial charge on any atom is 0.0677 e. The smallest absolute Gasteiger partial charge is 0.0677 e. The Morgan fingerprint density at radius 2 is 2.00 bits per heavy atom. The van der Waals surface area contributed by atoms with Crippen LogP contribution in [0.3, 0.4) is 0 Å². The molecule has 2 aliphatic carbocycles. The van der Waals surface area contributed by atoms with Gasteiger partial charge in [-0.25, -0.2) is 0 Å². The largest absolute Gasteiger partial charge is 0.392 e. The van der Waals surface area contributed by atoms with Crippen molar-refractivity contribution >= 4 is 0 Å². The van der Waals surface area contributed by atoms with Crippen molar-refractivity contribution in [1.29, 1.82) is 0 Å². The normalized spacial score (nSPS) is 42.7. The second-order valence-corrected chi connectivity index (χ2v) is 3.96. The van der Waals surface area contributed by atoms with E-state index in [4.69, 9.17) is 6.42 Å². The molecule has 1 N–H and O–H groups in total. The summed E-state index contributed by atoms with van der Waals surface area (Å²) in [7, 11) is 0. The van der Waals surface area contributed by atoms with Gasteiger partial charge < -0.3 is 5.11 Å². The summed E-state index contributed by atoms with van der Waals surface area (Å²) in [5, 5.41) is 9.54. The molecule has 0 saturated heterocycles. The molecule has 60 valence electrons. The third kappa shape index (κ3) is 1.28. The summed E-state index contributed by atoms with van der Waals surface area (Å²) in [6.07, 6.45) is 9.34. The molecule has 0 heterocycles. The molecule has 3 atom stereocenters. The standard InChI is InChI=1S/C10H14O/c1-2-3-10(11)9-5-7-4-8(7)6-9/h1,7-11H,3-6H2. The number of fused-ring (bicyclic) bond motifs is 1. The van der Waals surface area contributed by atoms with Crippen LogP contribution in [0.2, 0.25) is 0 Å². The van der Waals surface area contributed by atoms with E-state index in [0.717, 1.165) is 11.8 Å². The molecular formula is C10H14O. The molecule has 1 nitrogen and oxygen atoms in total. The lowest BCUT2D eigenvalue weighted by atomic mass is 9.95.